The number of nitrogens with two attached hydrogens (primary N) is 1. The highest BCUT2D eigenvalue weighted by Crippen LogP contribution is 2.20. The van der Waals surface area contributed by atoms with Crippen LogP contribution in [0.4, 0.5) is 0 Å². The number of phenols is 1. The minimum atomic E-state index is -0.849. The van der Waals surface area contributed by atoms with Crippen molar-refractivity contribution in [3.05, 3.63) is 187 Å². The second-order valence-corrected chi connectivity index (χ2v) is 13.0. The number of carbonyl (C=O) groups is 4. The van der Waals surface area contributed by atoms with Crippen LogP contribution in [0.5, 0.6) is 5.75 Å². The molecule has 4 aromatic carbocycles. The number of nitrogens with zero attached hydrogens (tertiary/aromatic N) is 1. The van der Waals surface area contributed by atoms with Gasteiger partial charge in [-0.25, -0.2) is 14.4 Å². The van der Waals surface area contributed by atoms with Crippen LogP contribution in [0.25, 0.3) is 17.0 Å². The van der Waals surface area contributed by atoms with Crippen LogP contribution in [0.15, 0.2) is 147 Å². The smallest absolute Gasteiger partial charge is 0.345 e. The molecule has 0 spiro atoms. The fourth-order valence-electron chi connectivity index (χ4n) is 5.77. The van der Waals surface area contributed by atoms with Gasteiger partial charge in [0.25, 0.3) is 5.56 Å². The first-order chi connectivity index (χ1) is 29.5. The number of ketones is 1. The van der Waals surface area contributed by atoms with Crippen molar-refractivity contribution in [1.82, 2.24) is 4.57 Å². The first-order valence-corrected chi connectivity index (χ1v) is 19.6. The molecule has 0 aliphatic rings. The highest BCUT2D eigenvalue weighted by atomic mass is 16.6. The van der Waals surface area contributed by atoms with Crippen molar-refractivity contribution in [3.8, 4) is 5.75 Å². The molecule has 0 aliphatic heterocycles. The Labute approximate surface area is 352 Å². The summed E-state index contributed by atoms with van der Waals surface area (Å²) >= 11 is 0. The molecule has 3 N–H and O–H groups in total. The van der Waals surface area contributed by atoms with Gasteiger partial charge in [0, 0.05) is 18.3 Å². The molecule has 13 heteroatoms. The number of ether oxygens (including phenoxy) is 3. The Morgan fingerprint density at radius 3 is 1.85 bits per heavy atom. The van der Waals surface area contributed by atoms with E-state index in [0.717, 1.165) is 24.6 Å². The third kappa shape index (κ3) is 13.3. The van der Waals surface area contributed by atoms with Gasteiger partial charge in [0.05, 0.1) is 36.3 Å². The molecule has 2 aromatic heterocycles. The van der Waals surface area contributed by atoms with Crippen LogP contribution in [-0.4, -0.2) is 59.7 Å². The number of esters is 3. The molecule has 0 radical (unpaired) electrons. The summed E-state index contributed by atoms with van der Waals surface area (Å²) in [7, 11) is 0. The van der Waals surface area contributed by atoms with Crippen molar-refractivity contribution in [2.45, 2.75) is 40.2 Å². The summed E-state index contributed by atoms with van der Waals surface area (Å²) in [6.07, 6.45) is 5.29. The number of hydrogen-bond donors (Lipinski definition) is 2. The van der Waals surface area contributed by atoms with Crippen molar-refractivity contribution < 1.29 is 42.9 Å². The molecule has 13 nitrogen and oxygen atoms in total. The molecule has 2 heterocycles. The lowest BCUT2D eigenvalue weighted by atomic mass is 10.0. The van der Waals surface area contributed by atoms with E-state index in [2.05, 4.69) is 12.1 Å². The van der Waals surface area contributed by atoms with Crippen LogP contribution in [0.1, 0.15) is 63.7 Å². The molecular weight excluding hydrogens is 781 g/mol. The molecule has 6 aromatic rings. The summed E-state index contributed by atoms with van der Waals surface area (Å²) < 4.78 is 21.3. The molecule has 0 saturated heterocycles. The number of aromatic nitrogens is 1. The van der Waals surface area contributed by atoms with Gasteiger partial charge in [-0.15, -0.1) is 0 Å². The third-order valence-corrected chi connectivity index (χ3v) is 8.75. The summed E-state index contributed by atoms with van der Waals surface area (Å²) in [4.78, 5) is 74.2. The fraction of sp³-hybridized carbons (Fsp3) is 0.208. The Balaban J connectivity index is 0.000000227. The number of rotatable bonds is 14. The van der Waals surface area contributed by atoms with Crippen LogP contribution in [-0.2, 0) is 43.2 Å². The monoisotopic (exact) mass is 828 g/mol. The first kappa shape index (κ1) is 46.3. The van der Waals surface area contributed by atoms with Gasteiger partial charge in [-0.1, -0.05) is 84.9 Å². The third-order valence-electron chi connectivity index (χ3n) is 8.75. The summed E-state index contributed by atoms with van der Waals surface area (Å²) in [5.41, 5.74) is 6.98. The Kier molecular flexibility index (Phi) is 18.1. The van der Waals surface area contributed by atoms with E-state index in [9.17, 15) is 33.9 Å². The van der Waals surface area contributed by atoms with E-state index in [0.29, 0.717) is 17.4 Å². The van der Waals surface area contributed by atoms with Crippen LogP contribution in [0.2, 0.25) is 0 Å². The molecule has 6 rings (SSSR count). The molecule has 0 saturated carbocycles. The fourth-order valence-corrected chi connectivity index (χ4v) is 5.77. The number of fused-ring (bicyclic) bond motifs is 1. The maximum absolute atomic E-state index is 12.9. The average Bonchev–Trinajstić information content (AvgIpc) is 3.27. The second kappa shape index (κ2) is 23.9. The van der Waals surface area contributed by atoms with Crippen LogP contribution < -0.4 is 16.7 Å². The Hall–Kier alpha value is -7.38. The quantitative estimate of drug-likeness (QED) is 0.0295. The Morgan fingerprint density at radius 2 is 1.26 bits per heavy atom. The van der Waals surface area contributed by atoms with Gasteiger partial charge in [-0.05, 0) is 87.7 Å². The lowest BCUT2D eigenvalue weighted by molar-refractivity contribution is -0.146. The molecule has 0 fully saturated rings. The average molecular weight is 829 g/mol. The number of phenolic OH excluding ortho intramolecular Hbond substituents is 1. The minimum absolute atomic E-state index is 0.0693. The van der Waals surface area contributed by atoms with E-state index in [1.165, 1.54) is 40.8 Å². The molecule has 61 heavy (non-hydrogen) atoms. The highest BCUT2D eigenvalue weighted by molar-refractivity contribution is 6.17. The molecular formula is C48H48N2O11. The van der Waals surface area contributed by atoms with E-state index >= 15 is 0 Å². The Morgan fingerprint density at radius 1 is 0.705 bits per heavy atom. The number of pyridine rings is 1. The highest BCUT2D eigenvalue weighted by Gasteiger charge is 2.23. The maximum atomic E-state index is 12.9. The molecule has 0 amide bonds. The van der Waals surface area contributed by atoms with E-state index in [1.807, 2.05) is 48.5 Å². The number of benzene rings is 4. The maximum Gasteiger partial charge on any atom is 0.345 e. The van der Waals surface area contributed by atoms with Crippen molar-refractivity contribution in [1.29, 1.82) is 0 Å². The van der Waals surface area contributed by atoms with E-state index in [1.54, 1.807) is 57.2 Å². The van der Waals surface area contributed by atoms with Gasteiger partial charge >= 0.3 is 17.9 Å². The zero-order valence-electron chi connectivity index (χ0n) is 34.2. The second-order valence-electron chi connectivity index (χ2n) is 13.0. The van der Waals surface area contributed by atoms with Crippen LogP contribution >= 0.6 is 0 Å². The molecule has 0 atom stereocenters. The van der Waals surface area contributed by atoms with Gasteiger partial charge in [-0.2, -0.15) is 0 Å². The number of aryl methyl sites for hydroxylation is 2. The van der Waals surface area contributed by atoms with E-state index in [4.69, 9.17) is 24.4 Å². The lowest BCUT2D eigenvalue weighted by Crippen LogP contribution is -2.29. The first-order valence-electron chi connectivity index (χ1n) is 19.6. The summed E-state index contributed by atoms with van der Waals surface area (Å²) in [6, 6.07) is 33.9. The Bertz CT molecular complexity index is 2540. The number of hydrogen-bond acceptors (Lipinski definition) is 12. The summed E-state index contributed by atoms with van der Waals surface area (Å²) in [5, 5.41) is 10.4. The zero-order chi connectivity index (χ0) is 44.1. The molecule has 0 bridgehead atoms. The van der Waals surface area contributed by atoms with Crippen molar-refractivity contribution in [2.24, 2.45) is 5.73 Å². The van der Waals surface area contributed by atoms with Crippen molar-refractivity contribution in [3.63, 3.8) is 0 Å². The van der Waals surface area contributed by atoms with Crippen molar-refractivity contribution in [2.75, 3.05) is 26.4 Å². The van der Waals surface area contributed by atoms with Crippen LogP contribution in [0.3, 0.4) is 0 Å². The minimum Gasteiger partial charge on any atom is -0.507 e. The van der Waals surface area contributed by atoms with Crippen LogP contribution in [0, 0.1) is 0 Å². The van der Waals surface area contributed by atoms with Gasteiger partial charge in [0.15, 0.2) is 11.2 Å². The molecule has 0 aliphatic carbocycles. The summed E-state index contributed by atoms with van der Waals surface area (Å²) in [6.45, 7) is 6.21. The number of carbonyl (C=O) groups excluding carboxylic acids is 4. The van der Waals surface area contributed by atoms with Gasteiger partial charge in [-0.3, -0.25) is 14.4 Å². The molecule has 316 valence electrons. The van der Waals surface area contributed by atoms with E-state index < -0.39 is 29.3 Å². The number of para-hydroxylation sites is 2. The van der Waals surface area contributed by atoms with Crippen molar-refractivity contribution >= 4 is 40.7 Å². The molecule has 0 unspecified atom stereocenters. The lowest BCUT2D eigenvalue weighted by Gasteiger charge is -2.12. The normalized spacial score (nSPS) is 10.2. The predicted octanol–water partition coefficient (Wildman–Crippen LogP) is 6.69. The van der Waals surface area contributed by atoms with Gasteiger partial charge in [0.1, 0.15) is 28.7 Å². The van der Waals surface area contributed by atoms with E-state index in [-0.39, 0.29) is 65.4 Å². The standard InChI is InChI=1S/C23H21NO5.C17H16O6.C8H11N/c1-2-29-23(28)19-14-17(21(26)18-10-6-7-11-20(18)25)15-24(22(19)27)13-12-16-8-4-3-5-9-16;1-3-21-16(19)13(17(20)22-4-2)9-11-10-23-14-8-6-5-7-12(14)15(11)18;9-7-6-8-4-2-1-3-5-8/h3-11,14-15,25H,2,12-13H2,1H3;5-10H,3-4H2,1-2H3;1-5H,6-7,9H2. The van der Waals surface area contributed by atoms with Gasteiger partial charge in [0.2, 0.25) is 0 Å². The van der Waals surface area contributed by atoms with Gasteiger partial charge < -0.3 is 34.0 Å². The predicted molar refractivity (Wildman–Crippen MR) is 231 cm³/mol. The zero-order valence-corrected chi connectivity index (χ0v) is 34.2. The topological polar surface area (TPSA) is 194 Å². The SMILES string of the molecule is CCOC(=O)C(=Cc1coc2ccccc2c1=O)C(=O)OCC.CCOC(=O)c1cc(C(=O)c2ccccc2O)cn(CCc2ccccc2)c1=O.NCCc1ccccc1. The summed E-state index contributed by atoms with van der Waals surface area (Å²) in [5.74, 6) is -3.13. The largest absolute Gasteiger partial charge is 0.507 e. The number of aromatic hydroxyl groups is 1.